The first-order chi connectivity index (χ1) is 15.0. The van der Waals surface area contributed by atoms with E-state index in [0.29, 0.717) is 29.3 Å². The quantitative estimate of drug-likeness (QED) is 0.342. The van der Waals surface area contributed by atoms with E-state index in [4.69, 9.17) is 16.3 Å². The summed E-state index contributed by atoms with van der Waals surface area (Å²) in [6, 6.07) is 25.0. The van der Waals surface area contributed by atoms with Crippen molar-refractivity contribution >= 4 is 34.0 Å². The number of carboxylic acid groups (broad SMARTS) is 1. The van der Waals surface area contributed by atoms with Crippen molar-refractivity contribution in [2.75, 3.05) is 5.32 Å². The minimum atomic E-state index is -0.933. The Morgan fingerprint density at radius 3 is 2.61 bits per heavy atom. The van der Waals surface area contributed by atoms with Gasteiger partial charge in [0.05, 0.1) is 5.56 Å². The van der Waals surface area contributed by atoms with Gasteiger partial charge in [0, 0.05) is 22.8 Å². The Hall–Kier alpha value is -3.50. The Bertz CT molecular complexity index is 1250. The van der Waals surface area contributed by atoms with E-state index in [-0.39, 0.29) is 0 Å². The number of hydrogen-bond acceptors (Lipinski definition) is 3. The zero-order chi connectivity index (χ0) is 21.8. The fraction of sp³-hybridized carbons (Fsp3) is 0.115. The molecule has 0 heterocycles. The van der Waals surface area contributed by atoms with Crippen molar-refractivity contribution in [3.63, 3.8) is 0 Å². The van der Waals surface area contributed by atoms with Crippen molar-refractivity contribution in [3.05, 3.63) is 106 Å². The second-order valence-electron chi connectivity index (χ2n) is 7.32. The molecule has 0 aromatic heterocycles. The number of fused-ring (bicyclic) bond motifs is 1. The number of rotatable bonds is 7. The second-order valence-corrected chi connectivity index (χ2v) is 7.76. The van der Waals surface area contributed by atoms with E-state index in [9.17, 15) is 9.90 Å². The number of carbonyl (C=O) groups is 1. The largest absolute Gasteiger partial charge is 0.489 e. The van der Waals surface area contributed by atoms with Crippen LogP contribution in [0.25, 0.3) is 10.8 Å². The number of aromatic carboxylic acids is 1. The lowest BCUT2D eigenvalue weighted by Gasteiger charge is -2.17. The zero-order valence-corrected chi connectivity index (χ0v) is 17.8. The van der Waals surface area contributed by atoms with Gasteiger partial charge >= 0.3 is 5.97 Å². The number of nitrogens with one attached hydrogen (secondary N) is 1. The fourth-order valence-corrected chi connectivity index (χ4v) is 3.88. The van der Waals surface area contributed by atoms with Gasteiger partial charge in [-0.05, 0) is 59.2 Å². The molecule has 0 radical (unpaired) electrons. The van der Waals surface area contributed by atoms with Crippen molar-refractivity contribution < 1.29 is 14.6 Å². The number of halogens is 1. The van der Waals surface area contributed by atoms with Gasteiger partial charge in [-0.1, -0.05) is 60.1 Å². The highest BCUT2D eigenvalue weighted by molar-refractivity contribution is 6.30. The number of hydrogen-bond donors (Lipinski definition) is 2. The van der Waals surface area contributed by atoms with Crippen molar-refractivity contribution in [1.82, 2.24) is 0 Å². The maximum atomic E-state index is 11.5. The molecule has 0 saturated carbocycles. The Balaban J connectivity index is 1.64. The molecule has 0 bridgehead atoms. The third-order valence-corrected chi connectivity index (χ3v) is 5.54. The smallest absolute Gasteiger partial charge is 0.336 e. The van der Waals surface area contributed by atoms with Crippen LogP contribution in [0.15, 0.2) is 78.9 Å². The average molecular weight is 432 g/mol. The highest BCUT2D eigenvalue weighted by atomic mass is 35.5. The topological polar surface area (TPSA) is 58.6 Å². The Kier molecular flexibility index (Phi) is 6.10. The van der Waals surface area contributed by atoms with E-state index in [1.165, 1.54) is 0 Å². The summed E-state index contributed by atoms with van der Waals surface area (Å²) in [5, 5.41) is 15.7. The van der Waals surface area contributed by atoms with Gasteiger partial charge in [-0.2, -0.15) is 0 Å². The van der Waals surface area contributed by atoms with Crippen LogP contribution in [0.1, 0.15) is 27.0 Å². The van der Waals surface area contributed by atoms with E-state index in [1.54, 1.807) is 12.1 Å². The molecule has 0 aliphatic rings. The van der Waals surface area contributed by atoms with Crippen LogP contribution in [-0.2, 0) is 13.2 Å². The summed E-state index contributed by atoms with van der Waals surface area (Å²) in [6.07, 6.45) is 0. The zero-order valence-electron chi connectivity index (χ0n) is 17.1. The maximum Gasteiger partial charge on any atom is 0.336 e. The summed E-state index contributed by atoms with van der Waals surface area (Å²) in [5.74, 6) is -0.157. The van der Waals surface area contributed by atoms with Crippen LogP contribution < -0.4 is 10.1 Å². The molecule has 4 nitrogen and oxygen atoms in total. The van der Waals surface area contributed by atoms with Gasteiger partial charge in [-0.25, -0.2) is 4.79 Å². The normalized spacial score (nSPS) is 10.8. The molecule has 0 spiro atoms. The fourth-order valence-electron chi connectivity index (χ4n) is 3.66. The standard InChI is InChI=1S/C26H22ClNO3/c1-17-21(26(29)30)10-5-11-24(17)28-15-23-22-9-3-2-7-19(22)12-13-25(23)31-16-18-6-4-8-20(27)14-18/h2-14,28H,15-16H2,1H3,(H,29,30). The monoisotopic (exact) mass is 431 g/mol. The molecule has 0 saturated heterocycles. The predicted octanol–water partition coefficient (Wildman–Crippen LogP) is 6.69. The number of anilines is 1. The van der Waals surface area contributed by atoms with Crippen molar-refractivity contribution in [1.29, 1.82) is 0 Å². The molecule has 0 atom stereocenters. The van der Waals surface area contributed by atoms with Gasteiger partial charge in [-0.3, -0.25) is 0 Å². The van der Waals surface area contributed by atoms with Crippen molar-refractivity contribution in [2.24, 2.45) is 0 Å². The lowest BCUT2D eigenvalue weighted by atomic mass is 10.0. The number of benzene rings is 4. The summed E-state index contributed by atoms with van der Waals surface area (Å²) in [5.41, 5.74) is 3.79. The van der Waals surface area contributed by atoms with E-state index >= 15 is 0 Å². The Morgan fingerprint density at radius 2 is 1.81 bits per heavy atom. The molecule has 0 amide bonds. The number of carboxylic acids is 1. The van der Waals surface area contributed by atoms with Crippen LogP contribution in [0.5, 0.6) is 5.75 Å². The van der Waals surface area contributed by atoms with E-state index in [2.05, 4.69) is 17.4 Å². The highest BCUT2D eigenvalue weighted by Crippen LogP contribution is 2.30. The second kappa shape index (κ2) is 9.11. The molecular formula is C26H22ClNO3. The van der Waals surface area contributed by atoms with Gasteiger partial charge in [0.2, 0.25) is 0 Å². The molecule has 0 aliphatic heterocycles. The summed E-state index contributed by atoms with van der Waals surface area (Å²) < 4.78 is 6.17. The third-order valence-electron chi connectivity index (χ3n) is 5.30. The molecular weight excluding hydrogens is 410 g/mol. The first-order valence-electron chi connectivity index (χ1n) is 9.97. The van der Waals surface area contributed by atoms with Gasteiger partial charge in [0.25, 0.3) is 0 Å². The number of ether oxygens (including phenoxy) is 1. The van der Waals surface area contributed by atoms with Crippen molar-refractivity contribution in [2.45, 2.75) is 20.1 Å². The lowest BCUT2D eigenvalue weighted by Crippen LogP contribution is -2.07. The summed E-state index contributed by atoms with van der Waals surface area (Å²) in [4.78, 5) is 11.5. The van der Waals surface area contributed by atoms with E-state index < -0.39 is 5.97 Å². The van der Waals surface area contributed by atoms with Gasteiger partial charge in [0.1, 0.15) is 12.4 Å². The van der Waals surface area contributed by atoms with Crippen LogP contribution in [0.4, 0.5) is 5.69 Å². The van der Waals surface area contributed by atoms with Crippen LogP contribution in [-0.4, -0.2) is 11.1 Å². The van der Waals surface area contributed by atoms with E-state index in [1.807, 2.05) is 61.5 Å². The summed E-state index contributed by atoms with van der Waals surface area (Å²) in [7, 11) is 0. The van der Waals surface area contributed by atoms with Gasteiger partial charge in [0.15, 0.2) is 0 Å². The predicted molar refractivity (Wildman–Crippen MR) is 125 cm³/mol. The SMILES string of the molecule is Cc1c(NCc2c(OCc3cccc(Cl)c3)ccc3ccccc23)cccc1C(=O)O. The van der Waals surface area contributed by atoms with Crippen LogP contribution in [0.2, 0.25) is 5.02 Å². The highest BCUT2D eigenvalue weighted by Gasteiger charge is 2.13. The summed E-state index contributed by atoms with van der Waals surface area (Å²) in [6.45, 7) is 2.71. The van der Waals surface area contributed by atoms with Gasteiger partial charge < -0.3 is 15.2 Å². The first kappa shape index (κ1) is 20.8. The lowest BCUT2D eigenvalue weighted by molar-refractivity contribution is 0.0696. The molecule has 0 aliphatic carbocycles. The minimum absolute atomic E-state index is 0.292. The molecule has 4 rings (SSSR count). The van der Waals surface area contributed by atoms with Crippen LogP contribution >= 0.6 is 11.6 Å². The molecule has 0 fully saturated rings. The molecule has 5 heteroatoms. The molecule has 2 N–H and O–H groups in total. The van der Waals surface area contributed by atoms with Crippen LogP contribution in [0.3, 0.4) is 0 Å². The molecule has 156 valence electrons. The Labute approximate surface area is 186 Å². The molecule has 31 heavy (non-hydrogen) atoms. The Morgan fingerprint density at radius 1 is 1.00 bits per heavy atom. The minimum Gasteiger partial charge on any atom is -0.489 e. The molecule has 0 unspecified atom stereocenters. The summed E-state index contributed by atoms with van der Waals surface area (Å²) >= 11 is 6.10. The maximum absolute atomic E-state index is 11.5. The molecule has 4 aromatic carbocycles. The van der Waals surface area contributed by atoms with Crippen molar-refractivity contribution in [3.8, 4) is 5.75 Å². The van der Waals surface area contributed by atoms with E-state index in [0.717, 1.165) is 33.3 Å². The third kappa shape index (κ3) is 4.65. The molecule has 4 aromatic rings. The average Bonchev–Trinajstić information content (AvgIpc) is 2.77. The van der Waals surface area contributed by atoms with Gasteiger partial charge in [-0.15, -0.1) is 0 Å². The van der Waals surface area contributed by atoms with Crippen LogP contribution in [0, 0.1) is 6.92 Å². The first-order valence-corrected chi connectivity index (χ1v) is 10.4.